The molecule has 2 aromatic carbocycles. The van der Waals surface area contributed by atoms with Crippen molar-refractivity contribution < 1.29 is 4.74 Å². The topological polar surface area (TPSA) is 135 Å². The molecule has 3 aromatic rings. The molecule has 32 heavy (non-hydrogen) atoms. The molecule has 1 aromatic heterocycles. The summed E-state index contributed by atoms with van der Waals surface area (Å²) in [6, 6.07) is 11.6. The minimum absolute atomic E-state index is 0.0210. The van der Waals surface area contributed by atoms with E-state index in [9.17, 15) is 0 Å². The van der Waals surface area contributed by atoms with Crippen molar-refractivity contribution in [2.75, 3.05) is 7.11 Å². The van der Waals surface area contributed by atoms with Crippen molar-refractivity contribution in [1.29, 1.82) is 10.8 Å². The van der Waals surface area contributed by atoms with Gasteiger partial charge in [-0.05, 0) is 42.2 Å². The van der Waals surface area contributed by atoms with Gasteiger partial charge in [0.1, 0.15) is 17.4 Å². The lowest BCUT2D eigenvalue weighted by atomic mass is 9.96. The second-order valence-electron chi connectivity index (χ2n) is 7.65. The predicted octanol–water partition coefficient (Wildman–Crippen LogP) is 4.29. The van der Waals surface area contributed by atoms with Crippen LogP contribution in [0.1, 0.15) is 48.9 Å². The average molecular weight is 431 g/mol. The van der Waals surface area contributed by atoms with E-state index in [4.69, 9.17) is 32.0 Å². The molecule has 0 unspecified atom stereocenters. The number of nitrogens with one attached hydrogen (secondary N) is 2. The van der Waals surface area contributed by atoms with Gasteiger partial charge in [0.15, 0.2) is 5.82 Å². The highest BCUT2D eigenvalue weighted by Crippen LogP contribution is 2.35. The van der Waals surface area contributed by atoms with Crippen molar-refractivity contribution in [3.05, 3.63) is 64.8 Å². The summed E-state index contributed by atoms with van der Waals surface area (Å²) in [5, 5.41) is 16.1. The number of nitrogens with two attached hydrogens (primary N) is 2. The first-order valence-corrected chi connectivity index (χ1v) is 10.8. The molecule has 0 amide bonds. The van der Waals surface area contributed by atoms with Crippen molar-refractivity contribution in [3.63, 3.8) is 0 Å². The van der Waals surface area contributed by atoms with Crippen molar-refractivity contribution in [2.45, 2.75) is 39.5 Å². The van der Waals surface area contributed by atoms with E-state index in [-0.39, 0.29) is 11.7 Å². The molecule has 7 nitrogen and oxygen atoms in total. The van der Waals surface area contributed by atoms with E-state index in [0.29, 0.717) is 34.0 Å². The number of amidine groups is 2. The molecule has 166 valence electrons. The second kappa shape index (κ2) is 10.0. The lowest BCUT2D eigenvalue weighted by Gasteiger charge is -2.17. The summed E-state index contributed by atoms with van der Waals surface area (Å²) >= 11 is 0. The van der Waals surface area contributed by atoms with Gasteiger partial charge in [-0.25, -0.2) is 9.97 Å². The Bertz CT molecular complexity index is 1160. The molecular formula is C25H30N6O. The Morgan fingerprint density at radius 1 is 0.938 bits per heavy atom. The highest BCUT2D eigenvalue weighted by Gasteiger charge is 2.19. The third-order valence-corrected chi connectivity index (χ3v) is 5.32. The third-order valence-electron chi connectivity index (χ3n) is 5.32. The summed E-state index contributed by atoms with van der Waals surface area (Å²) in [6.07, 6.45) is 5.33. The molecule has 7 heteroatoms. The lowest BCUT2D eigenvalue weighted by Crippen LogP contribution is -2.16. The van der Waals surface area contributed by atoms with Crippen molar-refractivity contribution >= 4 is 11.7 Å². The molecule has 0 atom stereocenters. The molecule has 0 aliphatic carbocycles. The number of benzene rings is 2. The van der Waals surface area contributed by atoms with E-state index in [2.05, 4.69) is 18.8 Å². The highest BCUT2D eigenvalue weighted by molar-refractivity contribution is 6.02. The van der Waals surface area contributed by atoms with Gasteiger partial charge in [0.25, 0.3) is 0 Å². The zero-order valence-electron chi connectivity index (χ0n) is 18.8. The molecule has 0 saturated heterocycles. The summed E-state index contributed by atoms with van der Waals surface area (Å²) in [4.78, 5) is 9.20. The van der Waals surface area contributed by atoms with E-state index in [1.54, 1.807) is 19.4 Å². The number of rotatable bonds is 9. The maximum atomic E-state index is 8.09. The number of methoxy groups -OCH3 is 1. The maximum Gasteiger partial charge on any atom is 0.160 e. The number of hydrogen-bond donors (Lipinski definition) is 4. The summed E-state index contributed by atoms with van der Waals surface area (Å²) in [5.41, 5.74) is 17.2. The molecule has 0 bridgehead atoms. The largest absolute Gasteiger partial charge is 0.495 e. The van der Waals surface area contributed by atoms with Crippen LogP contribution in [-0.4, -0.2) is 28.7 Å². The Morgan fingerprint density at radius 3 is 2.28 bits per heavy atom. The number of ether oxygens (including phenoxy) is 1. The molecule has 0 aliphatic heterocycles. The molecule has 0 radical (unpaired) electrons. The van der Waals surface area contributed by atoms with Gasteiger partial charge < -0.3 is 16.2 Å². The Balaban J connectivity index is 2.16. The number of nitrogens with zero attached hydrogens (tertiary/aromatic N) is 2. The highest BCUT2D eigenvalue weighted by atomic mass is 16.5. The fourth-order valence-electron chi connectivity index (χ4n) is 3.90. The fraction of sp³-hybridized carbons (Fsp3) is 0.280. The van der Waals surface area contributed by atoms with Gasteiger partial charge in [0.2, 0.25) is 0 Å². The summed E-state index contributed by atoms with van der Waals surface area (Å²) < 4.78 is 5.69. The SMILES string of the molecule is CCCc1ccc(-c2nccc(-c3ccc(CCC)c(C(=N)N)c3OC)n2)c(C(=N)N)c1. The van der Waals surface area contributed by atoms with E-state index in [1.165, 1.54) is 0 Å². The predicted molar refractivity (Wildman–Crippen MR) is 129 cm³/mol. The van der Waals surface area contributed by atoms with E-state index in [1.807, 2.05) is 30.3 Å². The maximum absolute atomic E-state index is 8.09. The summed E-state index contributed by atoms with van der Waals surface area (Å²) in [7, 11) is 1.57. The number of aryl methyl sites for hydroxylation is 2. The number of hydrogen-bond acceptors (Lipinski definition) is 5. The standard InChI is InChI=1S/C25H30N6O/c1-4-6-15-8-10-17(19(14-15)23(26)27)25-30-13-12-20(31-25)18-11-9-16(7-5-2)21(24(28)29)22(18)32-3/h8-14H,4-7H2,1-3H3,(H3,26,27)(H3,28,29). The van der Waals surface area contributed by atoms with Crippen LogP contribution in [0.3, 0.4) is 0 Å². The van der Waals surface area contributed by atoms with Crippen molar-refractivity contribution in [2.24, 2.45) is 11.5 Å². The Labute approximate surface area is 188 Å². The quantitative estimate of drug-likeness (QED) is 0.297. The molecule has 3 rings (SSSR count). The van der Waals surface area contributed by atoms with Gasteiger partial charge in [0, 0.05) is 22.9 Å². The summed E-state index contributed by atoms with van der Waals surface area (Å²) in [6.45, 7) is 4.20. The van der Waals surface area contributed by atoms with Crippen LogP contribution in [-0.2, 0) is 12.8 Å². The van der Waals surface area contributed by atoms with Crippen LogP contribution in [0.5, 0.6) is 5.75 Å². The fourth-order valence-corrected chi connectivity index (χ4v) is 3.90. The van der Waals surface area contributed by atoms with E-state index in [0.717, 1.165) is 42.4 Å². The van der Waals surface area contributed by atoms with Crippen LogP contribution in [0, 0.1) is 10.8 Å². The first-order valence-electron chi connectivity index (χ1n) is 10.8. The third kappa shape index (κ3) is 4.61. The minimum atomic E-state index is -0.0354. The smallest absolute Gasteiger partial charge is 0.160 e. The minimum Gasteiger partial charge on any atom is -0.495 e. The normalized spacial score (nSPS) is 10.7. The van der Waals surface area contributed by atoms with Gasteiger partial charge in [-0.2, -0.15) is 0 Å². The van der Waals surface area contributed by atoms with Gasteiger partial charge in [-0.1, -0.05) is 44.9 Å². The average Bonchev–Trinajstić information content (AvgIpc) is 2.79. The Kier molecular flexibility index (Phi) is 7.20. The molecule has 0 aliphatic rings. The monoisotopic (exact) mass is 430 g/mol. The zero-order chi connectivity index (χ0) is 23.3. The van der Waals surface area contributed by atoms with E-state index < -0.39 is 0 Å². The van der Waals surface area contributed by atoms with Crippen LogP contribution in [0.2, 0.25) is 0 Å². The van der Waals surface area contributed by atoms with Gasteiger partial charge in [-0.3, -0.25) is 10.8 Å². The van der Waals surface area contributed by atoms with Crippen LogP contribution >= 0.6 is 0 Å². The van der Waals surface area contributed by atoms with Crippen LogP contribution in [0.25, 0.3) is 22.6 Å². The first kappa shape index (κ1) is 22.9. The van der Waals surface area contributed by atoms with Crippen molar-refractivity contribution in [3.8, 4) is 28.4 Å². The van der Waals surface area contributed by atoms with Crippen molar-refractivity contribution in [1.82, 2.24) is 9.97 Å². The van der Waals surface area contributed by atoms with E-state index >= 15 is 0 Å². The zero-order valence-corrected chi connectivity index (χ0v) is 18.8. The molecular weight excluding hydrogens is 400 g/mol. The molecule has 0 saturated carbocycles. The lowest BCUT2D eigenvalue weighted by molar-refractivity contribution is 0.414. The number of aromatic nitrogens is 2. The molecule has 6 N–H and O–H groups in total. The second-order valence-corrected chi connectivity index (χ2v) is 7.65. The van der Waals surface area contributed by atoms with Gasteiger partial charge >= 0.3 is 0 Å². The Morgan fingerprint density at radius 2 is 1.66 bits per heavy atom. The summed E-state index contributed by atoms with van der Waals surface area (Å²) in [5.74, 6) is 0.942. The van der Waals surface area contributed by atoms with Crippen LogP contribution in [0.15, 0.2) is 42.6 Å². The van der Waals surface area contributed by atoms with Gasteiger partial charge in [0.05, 0.1) is 18.4 Å². The van der Waals surface area contributed by atoms with Gasteiger partial charge in [-0.15, -0.1) is 0 Å². The Hall–Kier alpha value is -3.74. The molecule has 1 heterocycles. The molecule has 0 fully saturated rings. The van der Waals surface area contributed by atoms with Crippen LogP contribution in [0.4, 0.5) is 0 Å². The number of nitrogen functional groups attached to an aromatic ring is 2. The molecule has 0 spiro atoms. The van der Waals surface area contributed by atoms with Crippen LogP contribution < -0.4 is 16.2 Å². The first-order chi connectivity index (χ1) is 15.4.